The van der Waals surface area contributed by atoms with Gasteiger partial charge >= 0.3 is 0 Å². The van der Waals surface area contributed by atoms with Crippen molar-refractivity contribution >= 4 is 11.8 Å². The van der Waals surface area contributed by atoms with Crippen LogP contribution in [0, 0.1) is 5.92 Å². The summed E-state index contributed by atoms with van der Waals surface area (Å²) in [7, 11) is 1.61. The van der Waals surface area contributed by atoms with Crippen LogP contribution in [0.15, 0.2) is 47.4 Å². The smallest absolute Gasteiger partial charge is 0.230 e. The number of ether oxygens (including phenoxy) is 1. The molecule has 1 aliphatic heterocycles. The zero-order valence-electron chi connectivity index (χ0n) is 21.0. The van der Waals surface area contributed by atoms with Gasteiger partial charge in [0.2, 0.25) is 23.5 Å². The van der Waals surface area contributed by atoms with E-state index >= 15 is 0 Å². The molecule has 37 heavy (non-hydrogen) atoms. The minimum atomic E-state index is -0.343. The van der Waals surface area contributed by atoms with Gasteiger partial charge in [0.25, 0.3) is 0 Å². The standard InChI is InChI=1S/C27H32N6O4/c1-36-20-8-6-7-18(13-20)14-24(34)33-12-5-3-2-4-9-30-26(35)21-15-19(16-23(21)33)27-31-25(32-37-27)22-17-28-10-11-29-22/h6-8,10-11,13,17,19,21,23H,2-5,9,12,14-16H2,1H3,(H,30,35). The molecule has 10 heteroatoms. The molecule has 1 N–H and O–H groups in total. The lowest BCUT2D eigenvalue weighted by Crippen LogP contribution is -2.47. The van der Waals surface area contributed by atoms with E-state index < -0.39 is 0 Å². The van der Waals surface area contributed by atoms with Crippen LogP contribution in [-0.2, 0) is 16.0 Å². The van der Waals surface area contributed by atoms with Crippen molar-refractivity contribution < 1.29 is 18.8 Å². The lowest BCUT2D eigenvalue weighted by atomic mass is 9.99. The molecule has 2 aromatic heterocycles. The van der Waals surface area contributed by atoms with Gasteiger partial charge < -0.3 is 19.5 Å². The molecule has 0 spiro atoms. The zero-order valence-corrected chi connectivity index (χ0v) is 21.0. The predicted molar refractivity (Wildman–Crippen MR) is 134 cm³/mol. The van der Waals surface area contributed by atoms with Crippen LogP contribution >= 0.6 is 0 Å². The first-order valence-electron chi connectivity index (χ1n) is 12.9. The number of rotatable bonds is 5. The summed E-state index contributed by atoms with van der Waals surface area (Å²) < 4.78 is 10.9. The van der Waals surface area contributed by atoms with E-state index in [1.54, 1.807) is 25.7 Å². The van der Waals surface area contributed by atoms with Gasteiger partial charge in [-0.25, -0.2) is 4.98 Å². The second-order valence-corrected chi connectivity index (χ2v) is 9.71. The van der Waals surface area contributed by atoms with Crippen molar-refractivity contribution in [1.29, 1.82) is 0 Å². The number of nitrogens with one attached hydrogen (secondary N) is 1. The highest BCUT2D eigenvalue weighted by atomic mass is 16.5. The Kier molecular flexibility index (Phi) is 7.72. The number of carbonyl (C=O) groups excluding carboxylic acids is 2. The molecular formula is C27H32N6O4. The Morgan fingerprint density at radius 2 is 2.08 bits per heavy atom. The van der Waals surface area contributed by atoms with Crippen LogP contribution in [0.4, 0.5) is 0 Å². The molecule has 0 bridgehead atoms. The number of fused-ring (bicyclic) bond motifs is 1. The van der Waals surface area contributed by atoms with Gasteiger partial charge in [-0.2, -0.15) is 4.98 Å². The molecule has 1 aromatic carbocycles. The summed E-state index contributed by atoms with van der Waals surface area (Å²) in [4.78, 5) is 41.8. The minimum absolute atomic E-state index is 0.0118. The van der Waals surface area contributed by atoms with Crippen LogP contribution in [-0.4, -0.2) is 63.1 Å². The Morgan fingerprint density at radius 1 is 1.19 bits per heavy atom. The Labute approximate surface area is 215 Å². The van der Waals surface area contributed by atoms with Crippen molar-refractivity contribution in [3.05, 3.63) is 54.3 Å². The summed E-state index contributed by atoms with van der Waals surface area (Å²) >= 11 is 0. The molecule has 3 aromatic rings. The van der Waals surface area contributed by atoms with Crippen molar-refractivity contribution in [3.63, 3.8) is 0 Å². The fourth-order valence-corrected chi connectivity index (χ4v) is 5.40. The number of carbonyl (C=O) groups is 2. The third-order valence-corrected chi connectivity index (χ3v) is 7.28. The van der Waals surface area contributed by atoms with Crippen molar-refractivity contribution in [1.82, 2.24) is 30.3 Å². The maximum absolute atomic E-state index is 13.7. The third-order valence-electron chi connectivity index (χ3n) is 7.28. The van der Waals surface area contributed by atoms with Crippen LogP contribution in [0.1, 0.15) is 55.9 Å². The van der Waals surface area contributed by atoms with E-state index in [-0.39, 0.29) is 36.1 Å². The predicted octanol–water partition coefficient (Wildman–Crippen LogP) is 3.16. The lowest BCUT2D eigenvalue weighted by Gasteiger charge is -2.33. The van der Waals surface area contributed by atoms with Crippen LogP contribution in [0.25, 0.3) is 11.5 Å². The van der Waals surface area contributed by atoms with Gasteiger partial charge in [0.15, 0.2) is 0 Å². The SMILES string of the molecule is COc1cccc(CC(=O)N2CCCCCCNC(=O)C3CC(c4nc(-c5cnccn5)no4)CC32)c1. The first-order valence-corrected chi connectivity index (χ1v) is 12.9. The summed E-state index contributed by atoms with van der Waals surface area (Å²) in [6, 6.07) is 7.33. The number of aromatic nitrogens is 4. The molecule has 1 saturated heterocycles. The van der Waals surface area contributed by atoms with E-state index in [9.17, 15) is 9.59 Å². The van der Waals surface area contributed by atoms with Gasteiger partial charge in [0.1, 0.15) is 11.4 Å². The molecule has 3 heterocycles. The van der Waals surface area contributed by atoms with Crippen LogP contribution < -0.4 is 10.1 Å². The first kappa shape index (κ1) is 24.9. The molecule has 10 nitrogen and oxygen atoms in total. The van der Waals surface area contributed by atoms with E-state index in [0.29, 0.717) is 43.3 Å². The Morgan fingerprint density at radius 3 is 2.92 bits per heavy atom. The number of benzene rings is 1. The number of hydrogen-bond donors (Lipinski definition) is 1. The third kappa shape index (κ3) is 5.79. The number of amides is 2. The lowest BCUT2D eigenvalue weighted by molar-refractivity contribution is -0.136. The van der Waals surface area contributed by atoms with Gasteiger partial charge in [-0.3, -0.25) is 14.6 Å². The molecule has 1 saturated carbocycles. The monoisotopic (exact) mass is 504 g/mol. The van der Waals surface area contributed by atoms with E-state index in [1.165, 1.54) is 0 Å². The summed E-state index contributed by atoms with van der Waals surface area (Å²) in [5.74, 6) is 1.08. The van der Waals surface area contributed by atoms with Crippen LogP contribution in [0.5, 0.6) is 5.75 Å². The van der Waals surface area contributed by atoms with Gasteiger partial charge in [0, 0.05) is 37.4 Å². The Balaban J connectivity index is 1.40. The van der Waals surface area contributed by atoms with Crippen molar-refractivity contribution in [2.75, 3.05) is 20.2 Å². The van der Waals surface area contributed by atoms with Crippen molar-refractivity contribution in [2.24, 2.45) is 5.92 Å². The summed E-state index contributed by atoms with van der Waals surface area (Å²) in [6.45, 7) is 1.28. The fourth-order valence-electron chi connectivity index (χ4n) is 5.40. The largest absolute Gasteiger partial charge is 0.497 e. The maximum atomic E-state index is 13.7. The molecule has 194 valence electrons. The summed E-state index contributed by atoms with van der Waals surface area (Å²) in [5, 5.41) is 7.19. The quantitative estimate of drug-likeness (QED) is 0.562. The van der Waals surface area contributed by atoms with E-state index in [0.717, 1.165) is 37.0 Å². The van der Waals surface area contributed by atoms with Gasteiger partial charge in [-0.15, -0.1) is 0 Å². The molecule has 2 aliphatic rings. The average molecular weight is 505 g/mol. The van der Waals surface area contributed by atoms with Crippen molar-refractivity contribution in [2.45, 2.75) is 56.9 Å². The highest BCUT2D eigenvalue weighted by molar-refractivity contribution is 5.83. The highest BCUT2D eigenvalue weighted by Gasteiger charge is 2.45. The van der Waals surface area contributed by atoms with Gasteiger partial charge in [0.05, 0.1) is 25.6 Å². The number of methoxy groups -OCH3 is 1. The molecule has 3 atom stereocenters. The number of hydrogen-bond acceptors (Lipinski definition) is 8. The zero-order chi connectivity index (χ0) is 25.6. The van der Waals surface area contributed by atoms with Crippen LogP contribution in [0.3, 0.4) is 0 Å². The maximum Gasteiger partial charge on any atom is 0.230 e. The topological polar surface area (TPSA) is 123 Å². The van der Waals surface area contributed by atoms with Gasteiger partial charge in [-0.1, -0.05) is 30.1 Å². The fraction of sp³-hybridized carbons (Fsp3) is 0.481. The molecule has 2 amide bonds. The van der Waals surface area contributed by atoms with E-state index in [4.69, 9.17) is 9.26 Å². The molecular weight excluding hydrogens is 472 g/mol. The van der Waals surface area contributed by atoms with Crippen molar-refractivity contribution in [3.8, 4) is 17.3 Å². The summed E-state index contributed by atoms with van der Waals surface area (Å²) in [6.07, 6.45) is 10.0. The highest BCUT2D eigenvalue weighted by Crippen LogP contribution is 2.41. The molecule has 0 radical (unpaired) electrons. The number of nitrogens with zero attached hydrogens (tertiary/aromatic N) is 5. The van der Waals surface area contributed by atoms with Gasteiger partial charge in [-0.05, 0) is 43.4 Å². The molecule has 1 aliphatic carbocycles. The average Bonchev–Trinajstić information content (AvgIpc) is 3.58. The van der Waals surface area contributed by atoms with Crippen LogP contribution in [0.2, 0.25) is 0 Å². The second kappa shape index (κ2) is 11.5. The second-order valence-electron chi connectivity index (χ2n) is 9.71. The Bertz CT molecular complexity index is 1220. The van der Waals surface area contributed by atoms with E-state index in [2.05, 4.69) is 25.4 Å². The van der Waals surface area contributed by atoms with E-state index in [1.807, 2.05) is 29.2 Å². The normalized spacial score (nSPS) is 22.6. The molecule has 5 rings (SSSR count). The minimum Gasteiger partial charge on any atom is -0.497 e. The first-order chi connectivity index (χ1) is 18.1. The molecule has 3 unspecified atom stereocenters. The molecule has 2 fully saturated rings. The summed E-state index contributed by atoms with van der Waals surface area (Å²) in [5.41, 5.74) is 1.42. The Hall–Kier alpha value is -3.82.